The number of ether oxygens (including phenoxy) is 1. The Hall–Kier alpha value is -3.88. The van der Waals surface area contributed by atoms with Gasteiger partial charge in [0.15, 0.2) is 5.78 Å². The fourth-order valence-corrected chi connectivity index (χ4v) is 3.39. The van der Waals surface area contributed by atoms with Gasteiger partial charge in [-0.15, -0.1) is 0 Å². The average Bonchev–Trinajstić information content (AvgIpc) is 3.25. The Morgan fingerprint density at radius 1 is 1.16 bits per heavy atom. The molecule has 0 unspecified atom stereocenters. The number of methoxy groups -OCH3 is 1. The third-order valence-electron chi connectivity index (χ3n) is 5.08. The molecule has 0 atom stereocenters. The van der Waals surface area contributed by atoms with Crippen LogP contribution in [0.2, 0.25) is 0 Å². The number of ketones is 1. The number of aromatic nitrogens is 5. The van der Waals surface area contributed by atoms with Gasteiger partial charge in [-0.05, 0) is 24.1 Å². The summed E-state index contributed by atoms with van der Waals surface area (Å²) in [4.78, 5) is 32.7. The maximum absolute atomic E-state index is 14.8. The van der Waals surface area contributed by atoms with Crippen LogP contribution in [0, 0.1) is 5.95 Å². The number of carbonyl (C=O) groups is 1. The van der Waals surface area contributed by atoms with Gasteiger partial charge in [-0.2, -0.15) is 4.39 Å². The predicted molar refractivity (Wildman–Crippen MR) is 119 cm³/mol. The summed E-state index contributed by atoms with van der Waals surface area (Å²) in [5.41, 5.74) is 2.06. The van der Waals surface area contributed by atoms with Gasteiger partial charge in [-0.25, -0.2) is 19.9 Å². The SMILES string of the molecule is CCCCNc1ncnc2[nH]cc(C(=O)c3ccc(Cc4ccc(OC)nc4)nc3F)c12. The van der Waals surface area contributed by atoms with Gasteiger partial charge in [0.2, 0.25) is 11.8 Å². The van der Waals surface area contributed by atoms with Crippen molar-refractivity contribution in [3.05, 3.63) is 71.3 Å². The van der Waals surface area contributed by atoms with E-state index in [2.05, 4.69) is 37.2 Å². The first kappa shape index (κ1) is 21.4. The second-order valence-electron chi connectivity index (χ2n) is 7.28. The van der Waals surface area contributed by atoms with E-state index in [9.17, 15) is 9.18 Å². The molecule has 8 nitrogen and oxygen atoms in total. The number of nitrogens with zero attached hydrogens (tertiary/aromatic N) is 4. The van der Waals surface area contributed by atoms with Crippen LogP contribution < -0.4 is 10.1 Å². The number of halogens is 1. The minimum atomic E-state index is -0.819. The Kier molecular flexibility index (Phi) is 6.34. The zero-order valence-electron chi connectivity index (χ0n) is 17.9. The molecule has 4 rings (SSSR count). The third kappa shape index (κ3) is 4.41. The molecule has 9 heteroatoms. The van der Waals surface area contributed by atoms with Crippen molar-refractivity contribution >= 4 is 22.6 Å². The fourth-order valence-electron chi connectivity index (χ4n) is 3.39. The minimum Gasteiger partial charge on any atom is -0.481 e. The predicted octanol–water partition coefficient (Wildman–Crippen LogP) is 3.93. The summed E-state index contributed by atoms with van der Waals surface area (Å²) in [5.74, 6) is -0.252. The standard InChI is InChI=1S/C23H23FN6O2/c1-3-4-9-25-22-19-17(12-27-23(19)29-13-28-22)20(31)16-7-6-15(30-21(16)24)10-14-5-8-18(32-2)26-11-14/h5-8,11-13H,3-4,9-10H2,1-2H3,(H2,25,27,28,29). The van der Waals surface area contributed by atoms with Crippen LogP contribution in [-0.4, -0.2) is 44.4 Å². The molecule has 164 valence electrons. The van der Waals surface area contributed by atoms with Gasteiger partial charge in [-0.3, -0.25) is 4.79 Å². The summed E-state index contributed by atoms with van der Waals surface area (Å²) in [6, 6.07) is 6.67. The topological polar surface area (TPSA) is 106 Å². The molecule has 32 heavy (non-hydrogen) atoms. The van der Waals surface area contributed by atoms with E-state index in [1.165, 1.54) is 18.6 Å². The Balaban J connectivity index is 1.60. The summed E-state index contributed by atoms with van der Waals surface area (Å²) >= 11 is 0. The number of hydrogen-bond donors (Lipinski definition) is 2. The van der Waals surface area contributed by atoms with Crippen LogP contribution in [-0.2, 0) is 6.42 Å². The summed E-state index contributed by atoms with van der Waals surface area (Å²) in [5, 5.41) is 3.78. The lowest BCUT2D eigenvalue weighted by molar-refractivity contribution is 0.103. The van der Waals surface area contributed by atoms with Crippen molar-refractivity contribution in [3.63, 3.8) is 0 Å². The number of anilines is 1. The van der Waals surface area contributed by atoms with Gasteiger partial charge in [-0.1, -0.05) is 19.4 Å². The first-order valence-electron chi connectivity index (χ1n) is 10.4. The van der Waals surface area contributed by atoms with Crippen molar-refractivity contribution in [1.29, 1.82) is 0 Å². The van der Waals surface area contributed by atoms with E-state index in [-0.39, 0.29) is 5.56 Å². The molecular weight excluding hydrogens is 411 g/mol. The van der Waals surface area contributed by atoms with Crippen LogP contribution in [0.4, 0.5) is 10.2 Å². The molecule has 0 radical (unpaired) electrons. The second kappa shape index (κ2) is 9.51. The molecule has 0 aliphatic rings. The van der Waals surface area contributed by atoms with Crippen LogP contribution >= 0.6 is 0 Å². The van der Waals surface area contributed by atoms with Crippen LogP contribution in [0.5, 0.6) is 5.88 Å². The van der Waals surface area contributed by atoms with Crippen molar-refractivity contribution < 1.29 is 13.9 Å². The number of rotatable bonds is 9. The lowest BCUT2D eigenvalue weighted by Crippen LogP contribution is -2.09. The number of unbranched alkanes of at least 4 members (excludes halogenated alkanes) is 1. The van der Waals surface area contributed by atoms with Gasteiger partial charge in [0, 0.05) is 37.1 Å². The van der Waals surface area contributed by atoms with Crippen LogP contribution in [0.15, 0.2) is 43.0 Å². The molecule has 4 aromatic rings. The van der Waals surface area contributed by atoms with Crippen molar-refractivity contribution in [3.8, 4) is 5.88 Å². The Morgan fingerprint density at radius 2 is 2.03 bits per heavy atom. The highest BCUT2D eigenvalue weighted by Crippen LogP contribution is 2.26. The van der Waals surface area contributed by atoms with Crippen molar-refractivity contribution in [2.75, 3.05) is 19.0 Å². The molecule has 2 N–H and O–H groups in total. The van der Waals surface area contributed by atoms with Crippen molar-refractivity contribution in [1.82, 2.24) is 24.9 Å². The first-order chi connectivity index (χ1) is 15.6. The molecule has 4 heterocycles. The number of H-pyrrole nitrogens is 1. The second-order valence-corrected chi connectivity index (χ2v) is 7.28. The maximum atomic E-state index is 14.8. The first-order valence-corrected chi connectivity index (χ1v) is 10.4. The molecule has 0 saturated carbocycles. The Labute approximate surface area is 184 Å². The smallest absolute Gasteiger partial charge is 0.224 e. The molecule has 0 bridgehead atoms. The largest absolute Gasteiger partial charge is 0.481 e. The molecule has 0 aliphatic heterocycles. The number of hydrogen-bond acceptors (Lipinski definition) is 7. The molecule has 4 aromatic heterocycles. The lowest BCUT2D eigenvalue weighted by Gasteiger charge is -2.08. The highest BCUT2D eigenvalue weighted by atomic mass is 19.1. The molecule has 0 fully saturated rings. The van der Waals surface area contributed by atoms with Gasteiger partial charge in [0.1, 0.15) is 17.8 Å². The van der Waals surface area contributed by atoms with E-state index >= 15 is 0 Å². The molecular formula is C23H23FN6O2. The summed E-state index contributed by atoms with van der Waals surface area (Å²) in [6.07, 6.45) is 6.97. The molecule has 0 saturated heterocycles. The number of fused-ring (bicyclic) bond motifs is 1. The zero-order valence-corrected chi connectivity index (χ0v) is 17.9. The highest BCUT2D eigenvalue weighted by molar-refractivity contribution is 6.17. The highest BCUT2D eigenvalue weighted by Gasteiger charge is 2.22. The molecule has 0 amide bonds. The van der Waals surface area contributed by atoms with Crippen molar-refractivity contribution in [2.45, 2.75) is 26.2 Å². The summed E-state index contributed by atoms with van der Waals surface area (Å²) in [7, 11) is 1.54. The Morgan fingerprint density at radius 3 is 2.75 bits per heavy atom. The van der Waals surface area contributed by atoms with Gasteiger partial charge < -0.3 is 15.0 Å². The van der Waals surface area contributed by atoms with Gasteiger partial charge >= 0.3 is 0 Å². The Bertz CT molecular complexity index is 1240. The summed E-state index contributed by atoms with van der Waals surface area (Å²) in [6.45, 7) is 2.80. The van der Waals surface area contributed by atoms with Crippen LogP contribution in [0.3, 0.4) is 0 Å². The van der Waals surface area contributed by atoms with E-state index in [0.717, 1.165) is 18.4 Å². The summed E-state index contributed by atoms with van der Waals surface area (Å²) < 4.78 is 19.9. The number of aromatic amines is 1. The zero-order chi connectivity index (χ0) is 22.5. The normalized spacial score (nSPS) is 11.0. The minimum absolute atomic E-state index is 0.106. The molecule has 0 aromatic carbocycles. The number of carbonyl (C=O) groups excluding carboxylic acids is 1. The van der Waals surface area contributed by atoms with E-state index in [1.54, 1.807) is 25.4 Å². The quantitative estimate of drug-likeness (QED) is 0.234. The van der Waals surface area contributed by atoms with E-state index in [4.69, 9.17) is 4.74 Å². The van der Waals surface area contributed by atoms with Crippen LogP contribution in [0.25, 0.3) is 11.0 Å². The van der Waals surface area contributed by atoms with E-state index < -0.39 is 11.7 Å². The lowest BCUT2D eigenvalue weighted by atomic mass is 10.0. The molecule has 0 spiro atoms. The van der Waals surface area contributed by atoms with E-state index in [0.29, 0.717) is 47.0 Å². The van der Waals surface area contributed by atoms with Gasteiger partial charge in [0.05, 0.1) is 23.6 Å². The van der Waals surface area contributed by atoms with Gasteiger partial charge in [0.25, 0.3) is 0 Å². The third-order valence-corrected chi connectivity index (χ3v) is 5.08. The number of nitrogens with one attached hydrogen (secondary N) is 2. The monoisotopic (exact) mass is 434 g/mol. The fraction of sp³-hybridized carbons (Fsp3) is 0.261. The number of pyridine rings is 2. The maximum Gasteiger partial charge on any atom is 0.224 e. The van der Waals surface area contributed by atoms with Crippen molar-refractivity contribution in [2.24, 2.45) is 0 Å². The van der Waals surface area contributed by atoms with Crippen LogP contribution in [0.1, 0.15) is 46.9 Å². The van der Waals surface area contributed by atoms with E-state index in [1.807, 2.05) is 6.07 Å². The molecule has 0 aliphatic carbocycles. The average molecular weight is 434 g/mol.